The van der Waals surface area contributed by atoms with Crippen molar-refractivity contribution in [3.8, 4) is 6.07 Å². The summed E-state index contributed by atoms with van der Waals surface area (Å²) in [6, 6.07) is 3.84. The molecule has 1 heterocycles. The second-order valence-electron chi connectivity index (χ2n) is 4.56. The summed E-state index contributed by atoms with van der Waals surface area (Å²) in [6.07, 6.45) is 4.07. The van der Waals surface area contributed by atoms with E-state index in [1.807, 2.05) is 6.26 Å². The Kier molecular flexibility index (Phi) is 4.84. The standard InChI is InChI=1S/C14H14BrN3OS/c1-8(15)7-17-13(19)10-5-12(9-3-4-9)18-14(20-2)11(10)6-16/h5,9H,1,3-4,7H2,2H3,(H,17,19). The summed E-state index contributed by atoms with van der Waals surface area (Å²) in [5.74, 6) is 0.174. The van der Waals surface area contributed by atoms with E-state index in [1.165, 1.54) is 11.8 Å². The number of aromatic nitrogens is 1. The number of amides is 1. The molecule has 1 N–H and O–H groups in total. The minimum absolute atomic E-state index is 0.262. The molecule has 0 atom stereocenters. The van der Waals surface area contributed by atoms with Gasteiger partial charge in [0, 0.05) is 22.6 Å². The number of hydrogen-bond acceptors (Lipinski definition) is 4. The van der Waals surface area contributed by atoms with Gasteiger partial charge >= 0.3 is 0 Å². The molecule has 1 aromatic rings. The van der Waals surface area contributed by atoms with Gasteiger partial charge in [0.25, 0.3) is 5.91 Å². The summed E-state index contributed by atoms with van der Waals surface area (Å²) in [5.41, 5.74) is 1.67. The third kappa shape index (κ3) is 3.41. The van der Waals surface area contributed by atoms with Crippen molar-refractivity contribution in [2.45, 2.75) is 23.8 Å². The highest BCUT2D eigenvalue weighted by atomic mass is 79.9. The molecule has 0 radical (unpaired) electrons. The molecule has 104 valence electrons. The van der Waals surface area contributed by atoms with Crippen LogP contribution < -0.4 is 5.32 Å². The van der Waals surface area contributed by atoms with Gasteiger partial charge in [-0.15, -0.1) is 11.8 Å². The number of nitrogens with zero attached hydrogens (tertiary/aromatic N) is 2. The summed E-state index contributed by atoms with van der Waals surface area (Å²) in [5, 5.41) is 12.7. The number of carbonyl (C=O) groups excluding carboxylic acids is 1. The summed E-state index contributed by atoms with van der Waals surface area (Å²) in [6.45, 7) is 4.01. The SMILES string of the molecule is C=C(Br)CNC(=O)c1cc(C2CC2)nc(SC)c1C#N. The van der Waals surface area contributed by atoms with E-state index in [0.29, 0.717) is 33.1 Å². The fourth-order valence-corrected chi connectivity index (χ4v) is 2.53. The van der Waals surface area contributed by atoms with E-state index in [0.717, 1.165) is 18.5 Å². The van der Waals surface area contributed by atoms with Gasteiger partial charge in [-0.05, 0) is 25.2 Å². The Morgan fingerprint density at radius 3 is 2.90 bits per heavy atom. The summed E-state index contributed by atoms with van der Waals surface area (Å²) in [4.78, 5) is 16.7. The van der Waals surface area contributed by atoms with Gasteiger partial charge in [-0.2, -0.15) is 5.26 Å². The Hall–Kier alpha value is -1.32. The number of pyridine rings is 1. The third-order valence-electron chi connectivity index (χ3n) is 2.99. The van der Waals surface area contributed by atoms with Gasteiger partial charge in [0.1, 0.15) is 11.1 Å². The molecule has 0 saturated heterocycles. The van der Waals surface area contributed by atoms with E-state index >= 15 is 0 Å². The Morgan fingerprint density at radius 2 is 2.40 bits per heavy atom. The second kappa shape index (κ2) is 6.42. The smallest absolute Gasteiger partial charge is 0.253 e. The monoisotopic (exact) mass is 351 g/mol. The van der Waals surface area contributed by atoms with Gasteiger partial charge in [0.15, 0.2) is 0 Å². The molecule has 1 amide bonds. The van der Waals surface area contributed by atoms with Gasteiger partial charge in [-0.3, -0.25) is 4.79 Å². The van der Waals surface area contributed by atoms with E-state index in [9.17, 15) is 10.1 Å². The highest BCUT2D eigenvalue weighted by Crippen LogP contribution is 2.40. The maximum absolute atomic E-state index is 12.2. The number of hydrogen-bond donors (Lipinski definition) is 1. The van der Waals surface area contributed by atoms with Crippen molar-refractivity contribution < 1.29 is 4.79 Å². The first-order valence-corrected chi connectivity index (χ1v) is 8.19. The quantitative estimate of drug-likeness (QED) is 0.827. The van der Waals surface area contributed by atoms with Crippen LogP contribution in [0.1, 0.15) is 40.4 Å². The van der Waals surface area contributed by atoms with Gasteiger partial charge in [-0.25, -0.2) is 4.98 Å². The lowest BCUT2D eigenvalue weighted by molar-refractivity contribution is 0.0957. The van der Waals surface area contributed by atoms with E-state index in [-0.39, 0.29) is 5.91 Å². The van der Waals surface area contributed by atoms with Crippen LogP contribution in [0.5, 0.6) is 0 Å². The van der Waals surface area contributed by atoms with Crippen LogP contribution >= 0.6 is 27.7 Å². The molecule has 0 aliphatic heterocycles. The average Bonchev–Trinajstić information content (AvgIpc) is 3.27. The molecule has 20 heavy (non-hydrogen) atoms. The molecule has 1 saturated carbocycles. The number of rotatable bonds is 5. The van der Waals surface area contributed by atoms with Crippen LogP contribution in [0, 0.1) is 11.3 Å². The van der Waals surface area contributed by atoms with Crippen molar-refractivity contribution in [2.24, 2.45) is 0 Å². The number of nitrogens with one attached hydrogen (secondary N) is 1. The van der Waals surface area contributed by atoms with E-state index in [4.69, 9.17) is 0 Å². The molecule has 0 bridgehead atoms. The van der Waals surface area contributed by atoms with Crippen molar-refractivity contribution >= 4 is 33.6 Å². The molecule has 4 nitrogen and oxygen atoms in total. The molecule has 1 aromatic heterocycles. The number of carbonyl (C=O) groups is 1. The second-order valence-corrected chi connectivity index (χ2v) is 6.48. The Labute approximate surface area is 130 Å². The predicted octanol–water partition coefficient (Wildman–Crippen LogP) is 3.19. The molecule has 1 aliphatic carbocycles. The molecule has 0 unspecified atom stereocenters. The number of thioether (sulfide) groups is 1. The largest absolute Gasteiger partial charge is 0.347 e. The normalized spacial score (nSPS) is 13.7. The number of halogens is 1. The third-order valence-corrected chi connectivity index (χ3v) is 3.95. The summed E-state index contributed by atoms with van der Waals surface area (Å²) < 4.78 is 0.686. The average molecular weight is 352 g/mol. The van der Waals surface area contributed by atoms with Crippen molar-refractivity contribution in [2.75, 3.05) is 12.8 Å². The van der Waals surface area contributed by atoms with Crippen LogP contribution in [0.3, 0.4) is 0 Å². The molecular weight excluding hydrogens is 338 g/mol. The summed E-state index contributed by atoms with van der Waals surface area (Å²) in [7, 11) is 0. The van der Waals surface area contributed by atoms with Gasteiger partial charge < -0.3 is 5.32 Å². The highest BCUT2D eigenvalue weighted by molar-refractivity contribution is 9.11. The summed E-state index contributed by atoms with van der Waals surface area (Å²) >= 11 is 4.59. The Balaban J connectivity index is 2.38. The van der Waals surface area contributed by atoms with E-state index in [2.05, 4.69) is 38.9 Å². The minimum Gasteiger partial charge on any atom is -0.347 e. The van der Waals surface area contributed by atoms with Crippen LogP contribution in [-0.4, -0.2) is 23.7 Å². The van der Waals surface area contributed by atoms with Gasteiger partial charge in [-0.1, -0.05) is 22.5 Å². The molecule has 1 aliphatic rings. The van der Waals surface area contributed by atoms with Crippen LogP contribution in [0.15, 0.2) is 22.2 Å². The molecule has 2 rings (SSSR count). The zero-order valence-electron chi connectivity index (χ0n) is 11.1. The van der Waals surface area contributed by atoms with Crippen LogP contribution in [0.25, 0.3) is 0 Å². The fraction of sp³-hybridized carbons (Fsp3) is 0.357. The fourth-order valence-electron chi connectivity index (χ4n) is 1.84. The zero-order valence-corrected chi connectivity index (χ0v) is 13.5. The first-order chi connectivity index (χ1) is 9.56. The lowest BCUT2D eigenvalue weighted by Gasteiger charge is -2.10. The first-order valence-electron chi connectivity index (χ1n) is 6.17. The van der Waals surface area contributed by atoms with Crippen molar-refractivity contribution in [3.05, 3.63) is 33.9 Å². The molecule has 6 heteroatoms. The molecular formula is C14H14BrN3OS. The molecule has 1 fully saturated rings. The predicted molar refractivity (Wildman–Crippen MR) is 83.1 cm³/mol. The first kappa shape index (κ1) is 15.1. The van der Waals surface area contributed by atoms with Crippen molar-refractivity contribution in [1.29, 1.82) is 5.26 Å². The Bertz CT molecular complexity index is 605. The van der Waals surface area contributed by atoms with Crippen LogP contribution in [-0.2, 0) is 0 Å². The topological polar surface area (TPSA) is 65.8 Å². The minimum atomic E-state index is -0.262. The van der Waals surface area contributed by atoms with Crippen LogP contribution in [0.2, 0.25) is 0 Å². The lowest BCUT2D eigenvalue weighted by atomic mass is 10.1. The maximum Gasteiger partial charge on any atom is 0.253 e. The number of nitriles is 1. The Morgan fingerprint density at radius 1 is 1.70 bits per heavy atom. The van der Waals surface area contributed by atoms with E-state index in [1.54, 1.807) is 6.07 Å². The molecule has 0 aromatic carbocycles. The maximum atomic E-state index is 12.2. The highest BCUT2D eigenvalue weighted by Gasteiger charge is 2.28. The molecule has 0 spiro atoms. The van der Waals surface area contributed by atoms with Gasteiger partial charge in [0.2, 0.25) is 0 Å². The van der Waals surface area contributed by atoms with Gasteiger partial charge in [0.05, 0.1) is 11.1 Å². The van der Waals surface area contributed by atoms with Crippen molar-refractivity contribution in [1.82, 2.24) is 10.3 Å². The zero-order chi connectivity index (χ0) is 14.7. The van der Waals surface area contributed by atoms with E-state index < -0.39 is 0 Å². The lowest BCUT2D eigenvalue weighted by Crippen LogP contribution is -2.25. The van der Waals surface area contributed by atoms with Crippen molar-refractivity contribution in [3.63, 3.8) is 0 Å². The van der Waals surface area contributed by atoms with Crippen LogP contribution in [0.4, 0.5) is 0 Å².